The van der Waals surface area contributed by atoms with Crippen LogP contribution in [0, 0.1) is 0 Å². The zero-order chi connectivity index (χ0) is 12.4. The Kier molecular flexibility index (Phi) is 2.93. The van der Waals surface area contributed by atoms with E-state index in [0.29, 0.717) is 10.9 Å². The number of ether oxygens (including phenoxy) is 1. The number of nitrogens with zero attached hydrogens (tertiary/aromatic N) is 1. The number of aromatic nitrogens is 1. The second-order valence-electron chi connectivity index (χ2n) is 3.52. The number of pyridine rings is 1. The standard InChI is InChI=1S/C12H12N2O3/c1-17-12(16)9-6-11(15)14(7-13)10-5-3-2-4-8(9)10/h2-6H,7,13H2,1H3. The Balaban J connectivity index is 2.88. The van der Waals surface area contributed by atoms with Crippen LogP contribution in [0.4, 0.5) is 0 Å². The van der Waals surface area contributed by atoms with Crippen molar-refractivity contribution < 1.29 is 9.53 Å². The van der Waals surface area contributed by atoms with Gasteiger partial charge in [-0.15, -0.1) is 0 Å². The highest BCUT2D eigenvalue weighted by Gasteiger charge is 2.13. The topological polar surface area (TPSA) is 74.3 Å². The van der Waals surface area contributed by atoms with Gasteiger partial charge in [-0.25, -0.2) is 4.79 Å². The summed E-state index contributed by atoms with van der Waals surface area (Å²) in [7, 11) is 1.28. The number of carbonyl (C=O) groups is 1. The van der Waals surface area contributed by atoms with Crippen molar-refractivity contribution in [3.63, 3.8) is 0 Å². The van der Waals surface area contributed by atoms with Crippen LogP contribution in [0.1, 0.15) is 10.4 Å². The zero-order valence-electron chi connectivity index (χ0n) is 9.34. The van der Waals surface area contributed by atoms with Gasteiger partial charge in [0.1, 0.15) is 0 Å². The Hall–Kier alpha value is -2.14. The maximum atomic E-state index is 11.8. The second kappa shape index (κ2) is 4.39. The van der Waals surface area contributed by atoms with Gasteiger partial charge < -0.3 is 10.5 Å². The van der Waals surface area contributed by atoms with E-state index in [1.807, 2.05) is 0 Å². The van der Waals surface area contributed by atoms with Crippen LogP contribution < -0.4 is 11.3 Å². The summed E-state index contributed by atoms with van der Waals surface area (Å²) in [5.41, 5.74) is 6.10. The smallest absolute Gasteiger partial charge is 0.338 e. The maximum Gasteiger partial charge on any atom is 0.338 e. The predicted molar refractivity (Wildman–Crippen MR) is 63.7 cm³/mol. The molecule has 0 aliphatic heterocycles. The van der Waals surface area contributed by atoms with Gasteiger partial charge in [0.05, 0.1) is 24.9 Å². The molecule has 0 aliphatic carbocycles. The minimum Gasteiger partial charge on any atom is -0.465 e. The highest BCUT2D eigenvalue weighted by molar-refractivity contribution is 6.03. The molecule has 0 saturated heterocycles. The Morgan fingerprint density at radius 1 is 1.41 bits per heavy atom. The molecule has 1 heterocycles. The number of methoxy groups -OCH3 is 1. The van der Waals surface area contributed by atoms with Gasteiger partial charge in [-0.1, -0.05) is 18.2 Å². The maximum absolute atomic E-state index is 11.8. The molecule has 0 fully saturated rings. The third-order valence-corrected chi connectivity index (χ3v) is 2.61. The van der Waals surface area contributed by atoms with Crippen molar-refractivity contribution >= 4 is 16.9 Å². The molecule has 0 bridgehead atoms. The Morgan fingerprint density at radius 3 is 2.76 bits per heavy atom. The van der Waals surface area contributed by atoms with Gasteiger partial charge in [0.2, 0.25) is 0 Å². The minimum absolute atomic E-state index is 0.0702. The van der Waals surface area contributed by atoms with Gasteiger partial charge in [-0.3, -0.25) is 9.36 Å². The van der Waals surface area contributed by atoms with Gasteiger partial charge >= 0.3 is 5.97 Å². The molecule has 17 heavy (non-hydrogen) atoms. The fraction of sp³-hybridized carbons (Fsp3) is 0.167. The Morgan fingerprint density at radius 2 is 2.12 bits per heavy atom. The van der Waals surface area contributed by atoms with E-state index in [-0.39, 0.29) is 17.8 Å². The van der Waals surface area contributed by atoms with Crippen LogP contribution in [0.2, 0.25) is 0 Å². The number of esters is 1. The first-order valence-electron chi connectivity index (χ1n) is 5.10. The summed E-state index contributed by atoms with van der Waals surface area (Å²) in [6.45, 7) is 0.0702. The number of carbonyl (C=O) groups excluding carboxylic acids is 1. The SMILES string of the molecule is COC(=O)c1cc(=O)n(CN)c2ccccc12. The number of hydrogen-bond acceptors (Lipinski definition) is 4. The van der Waals surface area contributed by atoms with E-state index in [4.69, 9.17) is 5.73 Å². The van der Waals surface area contributed by atoms with Crippen molar-refractivity contribution in [2.24, 2.45) is 5.73 Å². The molecule has 0 spiro atoms. The summed E-state index contributed by atoms with van der Waals surface area (Å²) in [5.74, 6) is -0.525. The number of nitrogens with two attached hydrogens (primary N) is 1. The van der Waals surface area contributed by atoms with Crippen LogP contribution in [0.25, 0.3) is 10.9 Å². The van der Waals surface area contributed by atoms with E-state index in [1.54, 1.807) is 24.3 Å². The van der Waals surface area contributed by atoms with Crippen LogP contribution >= 0.6 is 0 Å². The molecule has 0 aliphatic rings. The van der Waals surface area contributed by atoms with Crippen molar-refractivity contribution in [1.82, 2.24) is 4.57 Å². The van der Waals surface area contributed by atoms with Crippen LogP contribution in [0.15, 0.2) is 35.1 Å². The number of fused-ring (bicyclic) bond motifs is 1. The molecule has 1 aromatic heterocycles. The van der Waals surface area contributed by atoms with Gasteiger partial charge in [0.15, 0.2) is 0 Å². The van der Waals surface area contributed by atoms with E-state index < -0.39 is 5.97 Å². The third kappa shape index (κ3) is 1.81. The molecule has 2 aromatic rings. The van der Waals surface area contributed by atoms with E-state index in [0.717, 1.165) is 0 Å². The largest absolute Gasteiger partial charge is 0.465 e. The van der Waals surface area contributed by atoms with E-state index in [2.05, 4.69) is 4.74 Å². The second-order valence-corrected chi connectivity index (χ2v) is 3.52. The van der Waals surface area contributed by atoms with Crippen LogP contribution in [-0.2, 0) is 11.4 Å². The fourth-order valence-corrected chi connectivity index (χ4v) is 1.80. The molecule has 2 N–H and O–H groups in total. The molecule has 0 atom stereocenters. The zero-order valence-corrected chi connectivity index (χ0v) is 9.34. The van der Waals surface area contributed by atoms with Crippen LogP contribution in [0.3, 0.4) is 0 Å². The molecule has 0 unspecified atom stereocenters. The first-order chi connectivity index (χ1) is 8.19. The van der Waals surface area contributed by atoms with Crippen molar-refractivity contribution in [1.29, 1.82) is 0 Å². The first kappa shape index (κ1) is 11.3. The Labute approximate surface area is 97.4 Å². The summed E-state index contributed by atoms with van der Waals surface area (Å²) in [6, 6.07) is 8.33. The number of benzene rings is 1. The van der Waals surface area contributed by atoms with Crippen LogP contribution in [0.5, 0.6) is 0 Å². The fourth-order valence-electron chi connectivity index (χ4n) is 1.80. The van der Waals surface area contributed by atoms with Crippen molar-refractivity contribution in [3.05, 3.63) is 46.2 Å². The van der Waals surface area contributed by atoms with Crippen molar-refractivity contribution in [2.75, 3.05) is 7.11 Å². The lowest BCUT2D eigenvalue weighted by molar-refractivity contribution is 0.0602. The highest BCUT2D eigenvalue weighted by Crippen LogP contribution is 2.17. The molecular formula is C12H12N2O3. The molecule has 1 aromatic carbocycles. The normalized spacial score (nSPS) is 10.5. The molecule has 88 valence electrons. The van der Waals surface area contributed by atoms with E-state index in [1.165, 1.54) is 17.7 Å². The quantitative estimate of drug-likeness (QED) is 0.773. The average Bonchev–Trinajstić information content (AvgIpc) is 2.37. The molecule has 0 saturated carbocycles. The number of hydrogen-bond donors (Lipinski definition) is 1. The lowest BCUT2D eigenvalue weighted by Gasteiger charge is -2.10. The van der Waals surface area contributed by atoms with Gasteiger partial charge in [-0.05, 0) is 6.07 Å². The molecular weight excluding hydrogens is 220 g/mol. The molecule has 5 heteroatoms. The summed E-state index contributed by atoms with van der Waals surface area (Å²) in [6.07, 6.45) is 0. The van der Waals surface area contributed by atoms with Crippen molar-refractivity contribution in [2.45, 2.75) is 6.67 Å². The molecule has 0 radical (unpaired) electrons. The van der Waals surface area contributed by atoms with Crippen molar-refractivity contribution in [3.8, 4) is 0 Å². The lowest BCUT2D eigenvalue weighted by atomic mass is 10.1. The first-order valence-corrected chi connectivity index (χ1v) is 5.10. The van der Waals surface area contributed by atoms with E-state index >= 15 is 0 Å². The van der Waals surface area contributed by atoms with Gasteiger partial charge in [-0.2, -0.15) is 0 Å². The highest BCUT2D eigenvalue weighted by atomic mass is 16.5. The van der Waals surface area contributed by atoms with Gasteiger partial charge in [0, 0.05) is 11.5 Å². The summed E-state index contributed by atoms with van der Waals surface area (Å²) < 4.78 is 6.06. The molecule has 0 amide bonds. The average molecular weight is 232 g/mol. The molecule has 2 rings (SSSR count). The molecule has 5 nitrogen and oxygen atoms in total. The lowest BCUT2D eigenvalue weighted by Crippen LogP contribution is -2.25. The van der Waals surface area contributed by atoms with E-state index in [9.17, 15) is 9.59 Å². The Bertz CT molecular complexity index is 631. The predicted octanol–water partition coefficient (Wildman–Crippen LogP) is 0.704. The number of rotatable bonds is 2. The summed E-state index contributed by atoms with van der Waals surface area (Å²) >= 11 is 0. The summed E-state index contributed by atoms with van der Waals surface area (Å²) in [4.78, 5) is 23.4. The van der Waals surface area contributed by atoms with Gasteiger partial charge in [0.25, 0.3) is 5.56 Å². The minimum atomic E-state index is -0.525. The third-order valence-electron chi connectivity index (χ3n) is 2.61. The van der Waals surface area contributed by atoms with Crippen LogP contribution in [-0.4, -0.2) is 17.6 Å². The monoisotopic (exact) mass is 232 g/mol. The summed E-state index contributed by atoms with van der Waals surface area (Å²) in [5, 5.41) is 0.657. The number of para-hydroxylation sites is 1.